The molecular formula is C18H20BrNO2. The van der Waals surface area contributed by atoms with Crippen LogP contribution in [0.4, 0.5) is 5.69 Å². The molecule has 0 bridgehead atoms. The predicted molar refractivity (Wildman–Crippen MR) is 93.5 cm³/mol. The Bertz CT molecular complexity index is 697. The van der Waals surface area contributed by atoms with E-state index in [1.807, 2.05) is 57.2 Å². The van der Waals surface area contributed by atoms with Gasteiger partial charge in [0.1, 0.15) is 5.75 Å². The minimum atomic E-state index is -0.574. The summed E-state index contributed by atoms with van der Waals surface area (Å²) in [6, 6.07) is 11.6. The van der Waals surface area contributed by atoms with Gasteiger partial charge < -0.3 is 10.1 Å². The van der Waals surface area contributed by atoms with Gasteiger partial charge in [0.2, 0.25) is 0 Å². The number of anilines is 1. The van der Waals surface area contributed by atoms with E-state index in [1.54, 1.807) is 6.92 Å². The topological polar surface area (TPSA) is 38.3 Å². The van der Waals surface area contributed by atoms with Crippen molar-refractivity contribution in [2.45, 2.75) is 33.8 Å². The quantitative estimate of drug-likeness (QED) is 0.850. The summed E-state index contributed by atoms with van der Waals surface area (Å²) >= 11 is 3.45. The first-order chi connectivity index (χ1) is 10.4. The molecule has 1 atom stereocenters. The Morgan fingerprint density at radius 2 is 1.82 bits per heavy atom. The van der Waals surface area contributed by atoms with Gasteiger partial charge in [-0.1, -0.05) is 12.1 Å². The highest BCUT2D eigenvalue weighted by atomic mass is 79.9. The first kappa shape index (κ1) is 16.6. The van der Waals surface area contributed by atoms with Crippen molar-refractivity contribution >= 4 is 27.5 Å². The summed E-state index contributed by atoms with van der Waals surface area (Å²) in [7, 11) is 0. The third kappa shape index (κ3) is 4.10. The van der Waals surface area contributed by atoms with Crippen LogP contribution in [0, 0.1) is 20.8 Å². The largest absolute Gasteiger partial charge is 0.481 e. The van der Waals surface area contributed by atoms with Gasteiger partial charge in [0.05, 0.1) is 5.69 Å². The van der Waals surface area contributed by atoms with Crippen molar-refractivity contribution in [2.75, 3.05) is 5.32 Å². The van der Waals surface area contributed by atoms with Crippen LogP contribution >= 0.6 is 15.9 Å². The number of carbonyl (C=O) groups excluding carboxylic acids is 1. The minimum Gasteiger partial charge on any atom is -0.481 e. The van der Waals surface area contributed by atoms with Gasteiger partial charge in [0.25, 0.3) is 5.91 Å². The summed E-state index contributed by atoms with van der Waals surface area (Å²) in [6.07, 6.45) is -0.574. The van der Waals surface area contributed by atoms with E-state index in [1.165, 1.54) is 5.56 Å². The number of amides is 1. The van der Waals surface area contributed by atoms with Crippen LogP contribution in [-0.2, 0) is 4.79 Å². The Labute approximate surface area is 139 Å². The van der Waals surface area contributed by atoms with E-state index in [0.717, 1.165) is 21.3 Å². The molecule has 0 saturated heterocycles. The lowest BCUT2D eigenvalue weighted by Crippen LogP contribution is -2.30. The molecule has 4 heteroatoms. The monoisotopic (exact) mass is 361 g/mol. The van der Waals surface area contributed by atoms with E-state index < -0.39 is 6.10 Å². The molecule has 0 fully saturated rings. The molecule has 22 heavy (non-hydrogen) atoms. The van der Waals surface area contributed by atoms with E-state index in [9.17, 15) is 4.79 Å². The van der Waals surface area contributed by atoms with Gasteiger partial charge in [-0.2, -0.15) is 0 Å². The minimum absolute atomic E-state index is 0.178. The summed E-state index contributed by atoms with van der Waals surface area (Å²) in [5.41, 5.74) is 4.22. The highest BCUT2D eigenvalue weighted by Gasteiger charge is 2.16. The Balaban J connectivity index is 2.04. The zero-order chi connectivity index (χ0) is 16.3. The highest BCUT2D eigenvalue weighted by Crippen LogP contribution is 2.24. The fraction of sp³-hybridized carbons (Fsp3) is 0.278. The van der Waals surface area contributed by atoms with Crippen molar-refractivity contribution in [2.24, 2.45) is 0 Å². The SMILES string of the molecule is Cc1ccc(NC(=O)C(C)Oc2ccc(C)c(C)c2)c(Br)c1. The fourth-order valence-electron chi connectivity index (χ4n) is 2.00. The van der Waals surface area contributed by atoms with E-state index in [0.29, 0.717) is 5.75 Å². The Hall–Kier alpha value is -1.81. The van der Waals surface area contributed by atoms with Crippen LogP contribution in [0.2, 0.25) is 0 Å². The molecule has 2 rings (SSSR count). The average Bonchev–Trinajstić information content (AvgIpc) is 2.45. The predicted octanol–water partition coefficient (Wildman–Crippen LogP) is 4.78. The maximum atomic E-state index is 12.2. The van der Waals surface area contributed by atoms with Crippen LogP contribution in [0.5, 0.6) is 5.75 Å². The summed E-state index contributed by atoms with van der Waals surface area (Å²) < 4.78 is 6.58. The number of hydrogen-bond donors (Lipinski definition) is 1. The average molecular weight is 362 g/mol. The number of carbonyl (C=O) groups is 1. The second kappa shape index (κ2) is 6.97. The lowest BCUT2D eigenvalue weighted by Gasteiger charge is -2.16. The Morgan fingerprint density at radius 1 is 1.09 bits per heavy atom. The molecule has 0 aliphatic carbocycles. The smallest absolute Gasteiger partial charge is 0.265 e. The van der Waals surface area contributed by atoms with Crippen molar-refractivity contribution < 1.29 is 9.53 Å². The molecule has 0 aliphatic heterocycles. The molecule has 0 saturated carbocycles. The molecule has 0 spiro atoms. The first-order valence-electron chi connectivity index (χ1n) is 7.18. The molecule has 0 heterocycles. The van der Waals surface area contributed by atoms with Crippen molar-refractivity contribution in [1.82, 2.24) is 0 Å². The third-order valence-corrected chi connectivity index (χ3v) is 4.20. The van der Waals surface area contributed by atoms with Crippen molar-refractivity contribution in [3.05, 3.63) is 57.6 Å². The summed E-state index contributed by atoms with van der Waals surface area (Å²) in [4.78, 5) is 12.2. The molecule has 2 aromatic carbocycles. The molecule has 1 N–H and O–H groups in total. The lowest BCUT2D eigenvalue weighted by molar-refractivity contribution is -0.122. The van der Waals surface area contributed by atoms with Crippen LogP contribution in [0.3, 0.4) is 0 Å². The number of halogens is 1. The number of nitrogens with one attached hydrogen (secondary N) is 1. The van der Waals surface area contributed by atoms with Crippen LogP contribution in [0.1, 0.15) is 23.6 Å². The van der Waals surface area contributed by atoms with E-state index >= 15 is 0 Å². The van der Waals surface area contributed by atoms with Crippen LogP contribution in [0.15, 0.2) is 40.9 Å². The van der Waals surface area contributed by atoms with Gasteiger partial charge in [0, 0.05) is 4.47 Å². The summed E-state index contributed by atoms with van der Waals surface area (Å²) in [5.74, 6) is 0.525. The molecule has 1 amide bonds. The molecule has 0 radical (unpaired) electrons. The van der Waals surface area contributed by atoms with Crippen molar-refractivity contribution in [1.29, 1.82) is 0 Å². The lowest BCUT2D eigenvalue weighted by atomic mass is 10.1. The molecule has 0 aliphatic rings. The molecule has 2 aromatic rings. The fourth-order valence-corrected chi connectivity index (χ4v) is 2.59. The van der Waals surface area contributed by atoms with Gasteiger partial charge in [-0.25, -0.2) is 0 Å². The zero-order valence-corrected chi connectivity index (χ0v) is 14.8. The van der Waals surface area contributed by atoms with Gasteiger partial charge in [0.15, 0.2) is 6.10 Å². The van der Waals surface area contributed by atoms with Gasteiger partial charge in [-0.05, 0) is 84.6 Å². The summed E-state index contributed by atoms with van der Waals surface area (Å²) in [5, 5.41) is 2.87. The number of benzene rings is 2. The maximum absolute atomic E-state index is 12.2. The number of hydrogen-bond acceptors (Lipinski definition) is 2. The van der Waals surface area contributed by atoms with Crippen LogP contribution < -0.4 is 10.1 Å². The second-order valence-electron chi connectivity index (χ2n) is 5.48. The van der Waals surface area contributed by atoms with Gasteiger partial charge in [-0.15, -0.1) is 0 Å². The Kier molecular flexibility index (Phi) is 5.24. The second-order valence-corrected chi connectivity index (χ2v) is 6.33. The molecule has 0 aromatic heterocycles. The zero-order valence-electron chi connectivity index (χ0n) is 13.2. The summed E-state index contributed by atoms with van der Waals surface area (Å²) in [6.45, 7) is 7.81. The van der Waals surface area contributed by atoms with Crippen LogP contribution in [-0.4, -0.2) is 12.0 Å². The van der Waals surface area contributed by atoms with Crippen molar-refractivity contribution in [3.63, 3.8) is 0 Å². The van der Waals surface area contributed by atoms with E-state index in [-0.39, 0.29) is 5.91 Å². The van der Waals surface area contributed by atoms with E-state index in [4.69, 9.17) is 4.74 Å². The molecule has 3 nitrogen and oxygen atoms in total. The van der Waals surface area contributed by atoms with Crippen molar-refractivity contribution in [3.8, 4) is 5.75 Å². The molecular weight excluding hydrogens is 342 g/mol. The standard InChI is InChI=1S/C18H20BrNO2/c1-11-5-8-17(16(19)9-11)20-18(21)14(4)22-15-7-6-12(2)13(3)10-15/h5-10,14H,1-4H3,(H,20,21). The third-order valence-electron chi connectivity index (χ3n) is 3.54. The Morgan fingerprint density at radius 3 is 2.45 bits per heavy atom. The molecule has 116 valence electrons. The number of rotatable bonds is 4. The number of aryl methyl sites for hydroxylation is 3. The van der Waals surface area contributed by atoms with Gasteiger partial charge in [-0.3, -0.25) is 4.79 Å². The van der Waals surface area contributed by atoms with E-state index in [2.05, 4.69) is 21.2 Å². The molecule has 1 unspecified atom stereocenters. The normalized spacial score (nSPS) is 11.9. The first-order valence-corrected chi connectivity index (χ1v) is 7.97. The number of ether oxygens (including phenoxy) is 1. The van der Waals surface area contributed by atoms with Gasteiger partial charge >= 0.3 is 0 Å². The highest BCUT2D eigenvalue weighted by molar-refractivity contribution is 9.10. The maximum Gasteiger partial charge on any atom is 0.265 e. The van der Waals surface area contributed by atoms with Crippen LogP contribution in [0.25, 0.3) is 0 Å².